The van der Waals surface area contributed by atoms with E-state index in [1.54, 1.807) is 48.7 Å². The molecule has 0 spiro atoms. The number of aromatic nitrogens is 3. The Morgan fingerprint density at radius 1 is 0.973 bits per heavy atom. The number of carbonyl (C=O) groups excluding carboxylic acids is 2. The summed E-state index contributed by atoms with van der Waals surface area (Å²) in [5, 5.41) is 16.2. The lowest BCUT2D eigenvalue weighted by Crippen LogP contribution is -2.19. The van der Waals surface area contributed by atoms with E-state index in [0.29, 0.717) is 45.3 Å². The predicted octanol–water partition coefficient (Wildman–Crippen LogP) is 6.31. The Morgan fingerprint density at radius 2 is 1.76 bits per heavy atom. The largest absolute Gasteiger partial charge is 0.494 e. The Balaban J connectivity index is 1.51. The van der Waals surface area contributed by atoms with Gasteiger partial charge in [-0.05, 0) is 30.3 Å². The van der Waals surface area contributed by atoms with Crippen molar-refractivity contribution in [3.8, 4) is 17.2 Å². The molecule has 3 amide bonds. The fourth-order valence-electron chi connectivity index (χ4n) is 3.53. The molecule has 0 aliphatic heterocycles. The number of benzene rings is 2. The molecule has 4 aromatic rings. The van der Waals surface area contributed by atoms with Gasteiger partial charge in [-0.1, -0.05) is 32.4 Å². The van der Waals surface area contributed by atoms with Gasteiger partial charge in [-0.2, -0.15) is 5.10 Å². The number of rotatable bonds is 6. The average Bonchev–Trinajstić information content (AvgIpc) is 3.29. The first-order valence-electron chi connectivity index (χ1n) is 11.4. The molecular formula is C26H27ClN6O4. The van der Waals surface area contributed by atoms with Crippen LogP contribution in [0.2, 0.25) is 5.02 Å². The van der Waals surface area contributed by atoms with Crippen LogP contribution in [0.4, 0.5) is 22.0 Å². The highest BCUT2D eigenvalue weighted by molar-refractivity contribution is 6.32. The van der Waals surface area contributed by atoms with Crippen LogP contribution in [-0.4, -0.2) is 34.2 Å². The number of hydrogen-bond donors (Lipinski definition) is 4. The smallest absolute Gasteiger partial charge is 0.324 e. The lowest BCUT2D eigenvalue weighted by atomic mass is 9.92. The zero-order chi connectivity index (χ0) is 26.7. The summed E-state index contributed by atoms with van der Waals surface area (Å²) >= 11 is 6.47. The van der Waals surface area contributed by atoms with Crippen LogP contribution in [0.3, 0.4) is 0 Å². The molecule has 11 heteroatoms. The van der Waals surface area contributed by atoms with Gasteiger partial charge in [0.1, 0.15) is 23.1 Å². The van der Waals surface area contributed by atoms with Crippen molar-refractivity contribution in [2.75, 3.05) is 23.1 Å². The predicted molar refractivity (Wildman–Crippen MR) is 144 cm³/mol. The molecular weight excluding hydrogens is 496 g/mol. The maximum absolute atomic E-state index is 12.4. The molecule has 0 aliphatic rings. The molecule has 0 fully saturated rings. The first-order chi connectivity index (χ1) is 17.5. The number of amides is 3. The third kappa shape index (κ3) is 6.10. The molecule has 4 rings (SSSR count). The molecule has 192 valence electrons. The third-order valence-corrected chi connectivity index (χ3v) is 5.63. The normalized spacial score (nSPS) is 11.2. The van der Waals surface area contributed by atoms with Crippen LogP contribution < -0.4 is 25.4 Å². The van der Waals surface area contributed by atoms with Gasteiger partial charge in [0.2, 0.25) is 5.91 Å². The molecule has 2 aromatic heterocycles. The quantitative estimate of drug-likeness (QED) is 0.234. The number of urea groups is 1. The Labute approximate surface area is 218 Å². The van der Waals surface area contributed by atoms with Crippen molar-refractivity contribution < 1.29 is 19.1 Å². The highest BCUT2D eigenvalue weighted by atomic mass is 35.5. The number of fused-ring (bicyclic) bond motifs is 1. The second-order valence-electron chi connectivity index (χ2n) is 9.30. The average molecular weight is 523 g/mol. The molecule has 0 bridgehead atoms. The minimum atomic E-state index is -0.451. The van der Waals surface area contributed by atoms with Gasteiger partial charge in [-0.15, -0.1) is 0 Å². The molecule has 0 saturated carbocycles. The SMILES string of the molecule is COc1cc2nccc(Oc3ccc(NC(=O)Nc4cc(C(C)(C)C)n[nH]4)cc3Cl)c2cc1NC(C)=O. The van der Waals surface area contributed by atoms with E-state index < -0.39 is 6.03 Å². The van der Waals surface area contributed by atoms with E-state index in [-0.39, 0.29) is 16.3 Å². The second-order valence-corrected chi connectivity index (χ2v) is 9.71. The van der Waals surface area contributed by atoms with Crippen LogP contribution >= 0.6 is 11.6 Å². The zero-order valence-electron chi connectivity index (χ0n) is 21.0. The Kier molecular flexibility index (Phi) is 7.21. The van der Waals surface area contributed by atoms with E-state index in [1.165, 1.54) is 14.0 Å². The number of halogens is 1. The number of aromatic amines is 1. The third-order valence-electron chi connectivity index (χ3n) is 5.34. The standard InChI is InChI=1S/C26H27ClN6O4/c1-14(34)29-19-11-16-18(12-22(19)36-5)28-9-8-20(16)37-21-7-6-15(10-17(21)27)30-25(35)31-24-13-23(32-33-24)26(2,3)4/h6-13H,1-5H3,(H,29,34)(H3,30,31,32,33,35). The van der Waals surface area contributed by atoms with Gasteiger partial charge in [0, 0.05) is 41.7 Å². The van der Waals surface area contributed by atoms with E-state index in [4.69, 9.17) is 21.1 Å². The molecule has 0 radical (unpaired) electrons. The maximum atomic E-state index is 12.4. The molecule has 37 heavy (non-hydrogen) atoms. The van der Waals surface area contributed by atoms with Gasteiger partial charge in [-0.3, -0.25) is 20.2 Å². The van der Waals surface area contributed by atoms with Crippen LogP contribution in [0, 0.1) is 0 Å². The molecule has 4 N–H and O–H groups in total. The zero-order valence-corrected chi connectivity index (χ0v) is 21.8. The highest BCUT2D eigenvalue weighted by Gasteiger charge is 2.18. The topological polar surface area (TPSA) is 130 Å². The Hall–Kier alpha value is -4.31. The van der Waals surface area contributed by atoms with Crippen LogP contribution in [0.1, 0.15) is 33.4 Å². The van der Waals surface area contributed by atoms with Gasteiger partial charge in [0.25, 0.3) is 0 Å². The number of pyridine rings is 1. The number of anilines is 3. The summed E-state index contributed by atoms with van der Waals surface area (Å²) in [5.74, 6) is 1.58. The Bertz CT molecular complexity index is 1480. The molecule has 0 unspecified atom stereocenters. The molecule has 0 atom stereocenters. The van der Waals surface area contributed by atoms with E-state index in [0.717, 1.165) is 5.69 Å². The van der Waals surface area contributed by atoms with Gasteiger partial charge in [0.05, 0.1) is 29.0 Å². The monoisotopic (exact) mass is 522 g/mol. The Morgan fingerprint density at radius 3 is 2.41 bits per heavy atom. The minimum Gasteiger partial charge on any atom is -0.494 e. The van der Waals surface area contributed by atoms with Crippen LogP contribution in [0.25, 0.3) is 10.9 Å². The van der Waals surface area contributed by atoms with Crippen LogP contribution in [-0.2, 0) is 10.2 Å². The lowest BCUT2D eigenvalue weighted by molar-refractivity contribution is -0.114. The van der Waals surface area contributed by atoms with Crippen molar-refractivity contribution in [3.63, 3.8) is 0 Å². The fraction of sp³-hybridized carbons (Fsp3) is 0.231. The van der Waals surface area contributed by atoms with Gasteiger partial charge >= 0.3 is 6.03 Å². The summed E-state index contributed by atoms with van der Waals surface area (Å²) in [7, 11) is 1.51. The summed E-state index contributed by atoms with van der Waals surface area (Å²) in [6.07, 6.45) is 1.60. The maximum Gasteiger partial charge on any atom is 0.324 e. The highest BCUT2D eigenvalue weighted by Crippen LogP contribution is 2.38. The van der Waals surface area contributed by atoms with Crippen molar-refractivity contribution in [2.24, 2.45) is 0 Å². The number of nitrogens with one attached hydrogen (secondary N) is 4. The summed E-state index contributed by atoms with van der Waals surface area (Å²) in [6.45, 7) is 7.52. The van der Waals surface area contributed by atoms with Crippen LogP contribution in [0.15, 0.2) is 48.7 Å². The van der Waals surface area contributed by atoms with Gasteiger partial charge in [0.15, 0.2) is 0 Å². The summed E-state index contributed by atoms with van der Waals surface area (Å²) in [4.78, 5) is 28.4. The van der Waals surface area contributed by atoms with Crippen molar-refractivity contribution >= 4 is 51.6 Å². The van der Waals surface area contributed by atoms with E-state index >= 15 is 0 Å². The van der Waals surface area contributed by atoms with Crippen molar-refractivity contribution in [3.05, 3.63) is 59.4 Å². The number of H-pyrrole nitrogens is 1. The second kappa shape index (κ2) is 10.4. The number of hydrogen-bond acceptors (Lipinski definition) is 6. The molecule has 0 aliphatic carbocycles. The number of nitrogens with zero attached hydrogens (tertiary/aromatic N) is 2. The first kappa shape index (κ1) is 25.8. The van der Waals surface area contributed by atoms with Gasteiger partial charge in [-0.25, -0.2) is 4.79 Å². The lowest BCUT2D eigenvalue weighted by Gasteiger charge is -2.14. The molecule has 10 nitrogen and oxygen atoms in total. The number of methoxy groups -OCH3 is 1. The molecule has 0 saturated heterocycles. The van der Waals surface area contributed by atoms with E-state index in [9.17, 15) is 9.59 Å². The minimum absolute atomic E-state index is 0.145. The molecule has 2 heterocycles. The van der Waals surface area contributed by atoms with Crippen LogP contribution in [0.5, 0.6) is 17.2 Å². The van der Waals surface area contributed by atoms with Gasteiger partial charge < -0.3 is 20.1 Å². The fourth-order valence-corrected chi connectivity index (χ4v) is 3.75. The molecule has 2 aromatic carbocycles. The summed E-state index contributed by atoms with van der Waals surface area (Å²) in [6, 6.07) is 11.4. The summed E-state index contributed by atoms with van der Waals surface area (Å²) < 4.78 is 11.4. The van der Waals surface area contributed by atoms with Crippen molar-refractivity contribution in [1.29, 1.82) is 0 Å². The van der Waals surface area contributed by atoms with E-state index in [1.807, 2.05) is 20.8 Å². The first-order valence-corrected chi connectivity index (χ1v) is 11.8. The van der Waals surface area contributed by atoms with E-state index in [2.05, 4.69) is 31.1 Å². The summed E-state index contributed by atoms with van der Waals surface area (Å²) in [5.41, 5.74) is 2.27. The number of carbonyl (C=O) groups is 2. The van der Waals surface area contributed by atoms with Crippen molar-refractivity contribution in [2.45, 2.75) is 33.1 Å². The van der Waals surface area contributed by atoms with Crippen molar-refractivity contribution in [1.82, 2.24) is 15.2 Å². The number of ether oxygens (including phenoxy) is 2.